The number of aromatic hydroxyl groups is 1. The highest BCUT2D eigenvalue weighted by atomic mass is 79.9. The molecule has 1 atom stereocenters. The molecule has 0 radical (unpaired) electrons. The summed E-state index contributed by atoms with van der Waals surface area (Å²) in [5, 5.41) is 9.55. The number of nitrogens with two attached hydrogens (primary N) is 1. The van der Waals surface area contributed by atoms with Crippen LogP contribution in [0.5, 0.6) is 5.75 Å². The molecule has 1 rings (SSSR count). The summed E-state index contributed by atoms with van der Waals surface area (Å²) < 4.78 is 1.36. The quantitative estimate of drug-likeness (QED) is 0.815. The zero-order chi connectivity index (χ0) is 11.4. The minimum atomic E-state index is 0. The van der Waals surface area contributed by atoms with Crippen LogP contribution in [0.4, 0.5) is 0 Å². The van der Waals surface area contributed by atoms with E-state index >= 15 is 0 Å². The van der Waals surface area contributed by atoms with E-state index in [1.54, 1.807) is 0 Å². The number of hydrogen-bond donors (Lipinski definition) is 2. The van der Waals surface area contributed by atoms with Crippen LogP contribution in [0.15, 0.2) is 21.1 Å². The van der Waals surface area contributed by atoms with Gasteiger partial charge in [0.25, 0.3) is 0 Å². The van der Waals surface area contributed by atoms with Crippen LogP contribution >= 0.6 is 44.3 Å². The molecule has 0 aliphatic heterocycles. The lowest BCUT2D eigenvalue weighted by Crippen LogP contribution is -2.10. The average Bonchev–Trinajstić information content (AvgIpc) is 2.21. The topological polar surface area (TPSA) is 46.2 Å². The van der Waals surface area contributed by atoms with Gasteiger partial charge in [-0.1, -0.05) is 19.8 Å². The van der Waals surface area contributed by atoms with Gasteiger partial charge in [0.05, 0.1) is 8.95 Å². The summed E-state index contributed by atoms with van der Waals surface area (Å²) in [6.45, 7) is 2.15. The van der Waals surface area contributed by atoms with Gasteiger partial charge in [0.2, 0.25) is 0 Å². The minimum absolute atomic E-state index is 0. The molecule has 0 fully saturated rings. The molecule has 0 unspecified atom stereocenters. The Kier molecular flexibility index (Phi) is 7.64. The van der Waals surface area contributed by atoms with Gasteiger partial charge in [-0.15, -0.1) is 12.4 Å². The molecular weight excluding hydrogens is 357 g/mol. The van der Waals surface area contributed by atoms with Gasteiger partial charge in [0.15, 0.2) is 0 Å². The fourth-order valence-electron chi connectivity index (χ4n) is 1.39. The van der Waals surface area contributed by atoms with Crippen molar-refractivity contribution in [2.24, 2.45) is 5.73 Å². The van der Waals surface area contributed by atoms with Gasteiger partial charge in [-0.25, -0.2) is 0 Å². The molecule has 92 valence electrons. The van der Waals surface area contributed by atoms with E-state index in [0.717, 1.165) is 24.8 Å². The Morgan fingerprint density at radius 1 is 1.31 bits per heavy atom. The van der Waals surface area contributed by atoms with Crippen molar-refractivity contribution in [3.8, 4) is 5.75 Å². The maximum Gasteiger partial charge on any atom is 0.143 e. The van der Waals surface area contributed by atoms with Crippen LogP contribution in [0.3, 0.4) is 0 Å². The molecule has 0 aromatic heterocycles. The molecule has 0 heterocycles. The van der Waals surface area contributed by atoms with Gasteiger partial charge >= 0.3 is 0 Å². The largest absolute Gasteiger partial charge is 0.506 e. The standard InChI is InChI=1S/C11H15Br2NO.ClH/c1-2-3-4-10(14)7-5-8(12)11(15)9(13)6-7;/h5-6,10,15H,2-4,14H2,1H3;1H/t10-;/m0./s1. The Labute approximate surface area is 119 Å². The van der Waals surface area contributed by atoms with E-state index < -0.39 is 0 Å². The van der Waals surface area contributed by atoms with Crippen LogP contribution < -0.4 is 5.73 Å². The zero-order valence-corrected chi connectivity index (χ0v) is 13.0. The van der Waals surface area contributed by atoms with Gasteiger partial charge in [0.1, 0.15) is 5.75 Å². The minimum Gasteiger partial charge on any atom is -0.506 e. The summed E-state index contributed by atoms with van der Waals surface area (Å²) in [5.41, 5.74) is 7.09. The highest BCUT2D eigenvalue weighted by Gasteiger charge is 2.11. The lowest BCUT2D eigenvalue weighted by molar-refractivity contribution is 0.467. The van der Waals surface area contributed by atoms with E-state index in [2.05, 4.69) is 38.8 Å². The molecule has 0 saturated heterocycles. The second-order valence-corrected chi connectivity index (χ2v) is 5.29. The van der Waals surface area contributed by atoms with Crippen molar-refractivity contribution in [2.45, 2.75) is 32.2 Å². The SMILES string of the molecule is CCCC[C@H](N)c1cc(Br)c(O)c(Br)c1.Cl. The van der Waals surface area contributed by atoms with Crippen LogP contribution in [0.2, 0.25) is 0 Å². The smallest absolute Gasteiger partial charge is 0.143 e. The van der Waals surface area contributed by atoms with E-state index in [4.69, 9.17) is 5.73 Å². The molecule has 0 aliphatic carbocycles. The third kappa shape index (κ3) is 4.24. The maximum absolute atomic E-state index is 9.55. The van der Waals surface area contributed by atoms with E-state index in [1.807, 2.05) is 12.1 Å². The van der Waals surface area contributed by atoms with Crippen molar-refractivity contribution in [1.29, 1.82) is 0 Å². The number of phenols is 1. The van der Waals surface area contributed by atoms with Crippen molar-refractivity contribution in [1.82, 2.24) is 0 Å². The molecule has 0 bridgehead atoms. The number of hydrogen-bond acceptors (Lipinski definition) is 2. The highest BCUT2D eigenvalue weighted by Crippen LogP contribution is 2.35. The number of rotatable bonds is 4. The van der Waals surface area contributed by atoms with Crippen molar-refractivity contribution >= 4 is 44.3 Å². The molecule has 3 N–H and O–H groups in total. The summed E-state index contributed by atoms with van der Waals surface area (Å²) in [6.07, 6.45) is 3.24. The Morgan fingerprint density at radius 2 is 1.81 bits per heavy atom. The molecule has 0 aliphatic rings. The molecule has 0 amide bonds. The molecule has 1 aromatic carbocycles. The van der Waals surface area contributed by atoms with Gasteiger partial charge in [0, 0.05) is 6.04 Å². The molecule has 2 nitrogen and oxygen atoms in total. The molecular formula is C11H16Br2ClNO. The predicted molar refractivity (Wildman–Crippen MR) is 77.2 cm³/mol. The Bertz CT molecular complexity index is 324. The van der Waals surface area contributed by atoms with Crippen LogP contribution in [0, 0.1) is 0 Å². The number of halogens is 3. The first-order valence-electron chi connectivity index (χ1n) is 4.99. The van der Waals surface area contributed by atoms with Crippen molar-refractivity contribution in [3.63, 3.8) is 0 Å². The normalized spacial score (nSPS) is 12.0. The monoisotopic (exact) mass is 371 g/mol. The molecule has 0 spiro atoms. The van der Waals surface area contributed by atoms with Crippen molar-refractivity contribution in [3.05, 3.63) is 26.6 Å². The Balaban J connectivity index is 0.00000225. The van der Waals surface area contributed by atoms with E-state index in [0.29, 0.717) is 8.95 Å². The Morgan fingerprint density at radius 3 is 2.25 bits per heavy atom. The van der Waals surface area contributed by atoms with Gasteiger partial charge in [-0.3, -0.25) is 0 Å². The number of unbranched alkanes of at least 4 members (excludes halogenated alkanes) is 1. The molecule has 5 heteroatoms. The Hall–Kier alpha value is 0.230. The molecule has 0 saturated carbocycles. The average molecular weight is 374 g/mol. The molecule has 1 aromatic rings. The summed E-state index contributed by atoms with van der Waals surface area (Å²) in [4.78, 5) is 0. The van der Waals surface area contributed by atoms with Crippen molar-refractivity contribution in [2.75, 3.05) is 0 Å². The summed E-state index contributed by atoms with van der Waals surface area (Å²) in [5.74, 6) is 0.224. The molecule has 16 heavy (non-hydrogen) atoms. The van der Waals surface area contributed by atoms with E-state index in [-0.39, 0.29) is 24.2 Å². The van der Waals surface area contributed by atoms with Crippen LogP contribution in [-0.2, 0) is 0 Å². The first-order valence-corrected chi connectivity index (χ1v) is 6.58. The summed E-state index contributed by atoms with van der Waals surface area (Å²) in [7, 11) is 0. The van der Waals surface area contributed by atoms with Gasteiger partial charge in [-0.05, 0) is 56.0 Å². The third-order valence-corrected chi connectivity index (χ3v) is 3.55. The first-order chi connectivity index (χ1) is 7.06. The second kappa shape index (κ2) is 7.54. The van der Waals surface area contributed by atoms with Gasteiger partial charge in [-0.2, -0.15) is 0 Å². The van der Waals surface area contributed by atoms with Crippen molar-refractivity contribution < 1.29 is 5.11 Å². The third-order valence-electron chi connectivity index (χ3n) is 2.34. The van der Waals surface area contributed by atoms with Gasteiger partial charge < -0.3 is 10.8 Å². The predicted octanol–water partition coefficient (Wildman–Crippen LogP) is 4.53. The fourth-order valence-corrected chi connectivity index (χ4v) is 2.61. The maximum atomic E-state index is 9.55. The van der Waals surface area contributed by atoms with E-state index in [9.17, 15) is 5.11 Å². The zero-order valence-electron chi connectivity index (χ0n) is 9.04. The van der Waals surface area contributed by atoms with Crippen LogP contribution in [-0.4, -0.2) is 5.11 Å². The van der Waals surface area contributed by atoms with Crippen LogP contribution in [0.1, 0.15) is 37.8 Å². The summed E-state index contributed by atoms with van der Waals surface area (Å²) in [6, 6.07) is 3.79. The lowest BCUT2D eigenvalue weighted by Gasteiger charge is -2.13. The number of benzene rings is 1. The fraction of sp³-hybridized carbons (Fsp3) is 0.455. The lowest BCUT2D eigenvalue weighted by atomic mass is 10.0. The highest BCUT2D eigenvalue weighted by molar-refractivity contribution is 9.11. The summed E-state index contributed by atoms with van der Waals surface area (Å²) >= 11 is 6.60. The number of phenolic OH excluding ortho intramolecular Hbond substituents is 1. The first kappa shape index (κ1) is 16.2. The second-order valence-electron chi connectivity index (χ2n) is 3.58. The van der Waals surface area contributed by atoms with Crippen LogP contribution in [0.25, 0.3) is 0 Å². The van der Waals surface area contributed by atoms with E-state index in [1.165, 1.54) is 0 Å².